The molecule has 0 unspecified atom stereocenters. The quantitative estimate of drug-likeness (QED) is 0.810. The highest BCUT2D eigenvalue weighted by Gasteiger charge is 2.22. The number of nitrogens with zero attached hydrogens (tertiary/aromatic N) is 2. The van der Waals surface area contributed by atoms with E-state index in [0.29, 0.717) is 11.1 Å². The zero-order valence-electron chi connectivity index (χ0n) is 12.9. The highest BCUT2D eigenvalue weighted by molar-refractivity contribution is 9.10. The van der Waals surface area contributed by atoms with Crippen LogP contribution >= 0.6 is 27.7 Å². The Balaban J connectivity index is 2.06. The summed E-state index contributed by atoms with van der Waals surface area (Å²) in [5, 5.41) is 11.0. The summed E-state index contributed by atoms with van der Waals surface area (Å²) in [6.07, 6.45) is 0. The molecule has 5 nitrogen and oxygen atoms in total. The molecule has 0 aliphatic carbocycles. The van der Waals surface area contributed by atoms with Gasteiger partial charge >= 0.3 is 0 Å². The molecule has 0 saturated carbocycles. The number of nitrogens with one attached hydrogen (secondary N) is 1. The molecule has 2 aromatic rings. The van der Waals surface area contributed by atoms with E-state index in [9.17, 15) is 4.79 Å². The standard InChI is InChI=1S/C15H18BrN3O2S/c1-9(12(20)17-15(2,3)4)22-14-19-18-13(21-14)10-7-5-6-8-11(10)16/h5-9H,1-4H3,(H,17,20)/t9-/m1/s1. The molecular formula is C15H18BrN3O2S. The second-order valence-corrected chi connectivity index (χ2v) is 8.00. The van der Waals surface area contributed by atoms with Gasteiger partial charge in [-0.05, 0) is 55.8 Å². The Morgan fingerprint density at radius 1 is 1.32 bits per heavy atom. The summed E-state index contributed by atoms with van der Waals surface area (Å²) in [6, 6.07) is 7.61. The third kappa shape index (κ3) is 4.58. The molecule has 1 aromatic heterocycles. The molecule has 0 radical (unpaired) electrons. The zero-order valence-corrected chi connectivity index (χ0v) is 15.3. The fourth-order valence-electron chi connectivity index (χ4n) is 1.68. The normalized spacial score (nSPS) is 13.0. The summed E-state index contributed by atoms with van der Waals surface area (Å²) >= 11 is 4.70. The van der Waals surface area contributed by atoms with Crippen LogP contribution in [0.1, 0.15) is 27.7 Å². The highest BCUT2D eigenvalue weighted by Crippen LogP contribution is 2.30. The van der Waals surface area contributed by atoms with E-state index in [-0.39, 0.29) is 16.7 Å². The molecule has 1 aromatic carbocycles. The van der Waals surface area contributed by atoms with Crippen molar-refractivity contribution in [2.45, 2.75) is 43.7 Å². The third-order valence-electron chi connectivity index (χ3n) is 2.66. The number of amides is 1. The predicted octanol–water partition coefficient (Wildman–Crippen LogP) is 3.89. The lowest BCUT2D eigenvalue weighted by molar-refractivity contribution is -0.121. The number of carbonyl (C=O) groups is 1. The second-order valence-electron chi connectivity index (χ2n) is 5.85. The average Bonchev–Trinajstić information content (AvgIpc) is 2.85. The number of hydrogen-bond acceptors (Lipinski definition) is 5. The Hall–Kier alpha value is -1.34. The van der Waals surface area contributed by atoms with Gasteiger partial charge in [0.05, 0.1) is 10.8 Å². The van der Waals surface area contributed by atoms with Gasteiger partial charge in [0.25, 0.3) is 5.22 Å². The number of hydrogen-bond donors (Lipinski definition) is 1. The van der Waals surface area contributed by atoms with Crippen LogP contribution in [0.3, 0.4) is 0 Å². The molecule has 1 heterocycles. The van der Waals surface area contributed by atoms with Crippen molar-refractivity contribution in [1.29, 1.82) is 0 Å². The molecule has 0 aliphatic rings. The van der Waals surface area contributed by atoms with Gasteiger partial charge < -0.3 is 9.73 Å². The lowest BCUT2D eigenvalue weighted by atomic mass is 10.1. The van der Waals surface area contributed by atoms with E-state index >= 15 is 0 Å². The van der Waals surface area contributed by atoms with Gasteiger partial charge in [0.15, 0.2) is 0 Å². The Morgan fingerprint density at radius 2 is 2.00 bits per heavy atom. The van der Waals surface area contributed by atoms with Gasteiger partial charge in [-0.1, -0.05) is 23.9 Å². The van der Waals surface area contributed by atoms with Crippen molar-refractivity contribution in [3.63, 3.8) is 0 Å². The number of benzene rings is 1. The molecule has 1 amide bonds. The minimum atomic E-state index is -0.313. The Bertz CT molecular complexity index is 667. The van der Waals surface area contributed by atoms with Crippen molar-refractivity contribution in [2.24, 2.45) is 0 Å². The van der Waals surface area contributed by atoms with E-state index in [4.69, 9.17) is 4.42 Å². The molecule has 0 bridgehead atoms. The second kappa shape index (κ2) is 6.83. The van der Waals surface area contributed by atoms with Crippen molar-refractivity contribution >= 4 is 33.6 Å². The van der Waals surface area contributed by atoms with E-state index in [0.717, 1.165) is 10.0 Å². The number of carbonyl (C=O) groups excluding carboxylic acids is 1. The minimum Gasteiger partial charge on any atom is -0.411 e. The molecule has 118 valence electrons. The summed E-state index contributed by atoms with van der Waals surface area (Å²) in [5.41, 5.74) is 0.564. The summed E-state index contributed by atoms with van der Waals surface area (Å²) in [7, 11) is 0. The van der Waals surface area contributed by atoms with Gasteiger partial charge in [-0.25, -0.2) is 0 Å². The number of rotatable bonds is 4. The highest BCUT2D eigenvalue weighted by atomic mass is 79.9. The molecule has 1 atom stereocenters. The SMILES string of the molecule is C[C@@H](Sc1nnc(-c2ccccc2Br)o1)C(=O)NC(C)(C)C. The fraction of sp³-hybridized carbons (Fsp3) is 0.400. The zero-order chi connectivity index (χ0) is 16.3. The molecule has 0 fully saturated rings. The number of thioether (sulfide) groups is 1. The molecular weight excluding hydrogens is 366 g/mol. The predicted molar refractivity (Wildman–Crippen MR) is 90.6 cm³/mol. The van der Waals surface area contributed by atoms with Crippen LogP contribution in [0.15, 0.2) is 38.4 Å². The van der Waals surface area contributed by atoms with Crippen LogP contribution in [0.4, 0.5) is 0 Å². The first-order chi connectivity index (χ1) is 10.3. The Kier molecular flexibility index (Phi) is 5.28. The van der Waals surface area contributed by atoms with E-state index < -0.39 is 0 Å². The van der Waals surface area contributed by atoms with Crippen LogP contribution in [0.5, 0.6) is 0 Å². The van der Waals surface area contributed by atoms with Crippen LogP contribution in [0.2, 0.25) is 0 Å². The van der Waals surface area contributed by atoms with Gasteiger partial charge in [-0.15, -0.1) is 10.2 Å². The first kappa shape index (κ1) is 17.0. The third-order valence-corrected chi connectivity index (χ3v) is 4.28. The summed E-state index contributed by atoms with van der Waals surface area (Å²) in [5.74, 6) is 0.372. The molecule has 0 spiro atoms. The van der Waals surface area contributed by atoms with Gasteiger partial charge in [0.2, 0.25) is 11.8 Å². The first-order valence-electron chi connectivity index (χ1n) is 6.83. The lowest BCUT2D eigenvalue weighted by Crippen LogP contribution is -2.44. The Labute approximate surface area is 142 Å². The average molecular weight is 384 g/mol. The minimum absolute atomic E-state index is 0.0573. The summed E-state index contributed by atoms with van der Waals surface area (Å²) < 4.78 is 6.52. The van der Waals surface area contributed by atoms with Gasteiger partial charge in [-0.2, -0.15) is 0 Å². The van der Waals surface area contributed by atoms with Gasteiger partial charge in [0, 0.05) is 10.0 Å². The maximum Gasteiger partial charge on any atom is 0.277 e. The summed E-state index contributed by atoms with van der Waals surface area (Å²) in [6.45, 7) is 7.65. The maximum atomic E-state index is 12.1. The lowest BCUT2D eigenvalue weighted by Gasteiger charge is -2.22. The maximum absolute atomic E-state index is 12.1. The molecule has 0 aliphatic heterocycles. The largest absolute Gasteiger partial charge is 0.411 e. The van der Waals surface area contributed by atoms with Crippen LogP contribution in [0.25, 0.3) is 11.5 Å². The van der Waals surface area contributed by atoms with Crippen molar-refractivity contribution in [3.05, 3.63) is 28.7 Å². The van der Waals surface area contributed by atoms with Crippen LogP contribution in [-0.4, -0.2) is 26.9 Å². The van der Waals surface area contributed by atoms with Crippen molar-refractivity contribution < 1.29 is 9.21 Å². The topological polar surface area (TPSA) is 68.0 Å². The molecule has 0 saturated heterocycles. The number of halogens is 1. The fourth-order valence-corrected chi connectivity index (χ4v) is 2.81. The first-order valence-corrected chi connectivity index (χ1v) is 8.50. The monoisotopic (exact) mass is 383 g/mol. The van der Waals surface area contributed by atoms with Crippen molar-refractivity contribution in [1.82, 2.24) is 15.5 Å². The van der Waals surface area contributed by atoms with E-state index in [1.807, 2.05) is 52.0 Å². The summed E-state index contributed by atoms with van der Waals surface area (Å²) in [4.78, 5) is 12.1. The number of aromatic nitrogens is 2. The van der Waals surface area contributed by atoms with Crippen molar-refractivity contribution in [3.8, 4) is 11.5 Å². The van der Waals surface area contributed by atoms with E-state index in [1.165, 1.54) is 11.8 Å². The molecule has 22 heavy (non-hydrogen) atoms. The van der Waals surface area contributed by atoms with E-state index in [1.54, 1.807) is 0 Å². The van der Waals surface area contributed by atoms with Crippen molar-refractivity contribution in [2.75, 3.05) is 0 Å². The Morgan fingerprint density at radius 3 is 2.64 bits per heavy atom. The molecule has 7 heteroatoms. The van der Waals surface area contributed by atoms with Crippen LogP contribution < -0.4 is 5.32 Å². The molecule has 1 N–H and O–H groups in total. The molecule has 2 rings (SSSR count). The van der Waals surface area contributed by atoms with Gasteiger partial charge in [-0.3, -0.25) is 4.79 Å². The smallest absolute Gasteiger partial charge is 0.277 e. The van der Waals surface area contributed by atoms with Crippen LogP contribution in [-0.2, 0) is 4.79 Å². The van der Waals surface area contributed by atoms with Crippen LogP contribution in [0, 0.1) is 0 Å². The van der Waals surface area contributed by atoms with E-state index in [2.05, 4.69) is 31.4 Å². The van der Waals surface area contributed by atoms with Gasteiger partial charge in [0.1, 0.15) is 0 Å².